The summed E-state index contributed by atoms with van der Waals surface area (Å²) < 4.78 is 0. The summed E-state index contributed by atoms with van der Waals surface area (Å²) in [5.74, 6) is -0.419. The van der Waals surface area contributed by atoms with Gasteiger partial charge in [0.05, 0.1) is 0 Å². The van der Waals surface area contributed by atoms with Crippen LogP contribution in [-0.4, -0.2) is 24.4 Å². The first-order chi connectivity index (χ1) is 17.1. The Morgan fingerprint density at radius 1 is 0.743 bits per heavy atom. The molecule has 0 fully saturated rings. The highest BCUT2D eigenvalue weighted by Crippen LogP contribution is 2.16. The van der Waals surface area contributed by atoms with Crippen LogP contribution in [-0.2, 0) is 17.6 Å². The van der Waals surface area contributed by atoms with E-state index in [2.05, 4.69) is 22.8 Å². The molecule has 0 radical (unpaired) electrons. The molecule has 2 amide bonds. The van der Waals surface area contributed by atoms with Crippen LogP contribution in [0.3, 0.4) is 0 Å². The molecule has 4 nitrogen and oxygen atoms in total. The van der Waals surface area contributed by atoms with Crippen LogP contribution in [0.15, 0.2) is 97.1 Å². The van der Waals surface area contributed by atoms with Gasteiger partial charge in [-0.1, -0.05) is 84.4 Å². The summed E-state index contributed by atoms with van der Waals surface area (Å²) in [4.78, 5) is 26.1. The fourth-order valence-electron chi connectivity index (χ4n) is 4.08. The van der Waals surface area contributed by atoms with Crippen molar-refractivity contribution in [3.63, 3.8) is 0 Å². The van der Waals surface area contributed by atoms with Gasteiger partial charge in [-0.3, -0.25) is 9.59 Å². The molecule has 0 heterocycles. The molecule has 0 bridgehead atoms. The number of carbonyl (C=O) groups excluding carboxylic acids is 2. The second-order valence-electron chi connectivity index (χ2n) is 8.63. The smallest absolute Gasteiger partial charge is 0.251 e. The van der Waals surface area contributed by atoms with Gasteiger partial charge in [-0.2, -0.15) is 0 Å². The number of hydrogen-bond donors (Lipinski definition) is 2. The fraction of sp³-hybridized carbons (Fsp3) is 0.200. The van der Waals surface area contributed by atoms with Gasteiger partial charge >= 0.3 is 0 Å². The molecule has 4 rings (SSSR count). The molecule has 0 aliphatic rings. The molecule has 0 saturated carbocycles. The number of carbonyl (C=O) groups is 2. The summed E-state index contributed by atoms with van der Waals surface area (Å²) in [6.07, 6.45) is 2.86. The summed E-state index contributed by atoms with van der Waals surface area (Å²) in [5.41, 5.74) is 2.85. The monoisotopic (exact) mass is 484 g/mol. The number of amides is 2. The van der Waals surface area contributed by atoms with Crippen molar-refractivity contribution in [2.75, 3.05) is 6.54 Å². The van der Waals surface area contributed by atoms with Gasteiger partial charge in [0.2, 0.25) is 5.91 Å². The van der Waals surface area contributed by atoms with E-state index in [1.54, 1.807) is 6.07 Å². The van der Waals surface area contributed by atoms with Gasteiger partial charge in [0.25, 0.3) is 5.91 Å². The van der Waals surface area contributed by atoms with E-state index in [4.69, 9.17) is 11.6 Å². The number of benzene rings is 4. The van der Waals surface area contributed by atoms with Crippen LogP contribution in [0.4, 0.5) is 0 Å². The summed E-state index contributed by atoms with van der Waals surface area (Å²) in [7, 11) is 0. The molecule has 5 heteroatoms. The van der Waals surface area contributed by atoms with Gasteiger partial charge in [0.15, 0.2) is 0 Å². The highest BCUT2D eigenvalue weighted by Gasteiger charge is 2.21. The van der Waals surface area contributed by atoms with E-state index in [0.29, 0.717) is 30.0 Å². The molecule has 0 unspecified atom stereocenters. The lowest BCUT2D eigenvalue weighted by Crippen LogP contribution is -2.47. The molecular weight excluding hydrogens is 456 g/mol. The number of nitrogens with one attached hydrogen (secondary N) is 2. The summed E-state index contributed by atoms with van der Waals surface area (Å²) in [6.45, 7) is 0.553. The quantitative estimate of drug-likeness (QED) is 0.272. The van der Waals surface area contributed by atoms with Crippen LogP contribution in [0, 0.1) is 0 Å². The Morgan fingerprint density at radius 2 is 1.43 bits per heavy atom. The van der Waals surface area contributed by atoms with Crippen molar-refractivity contribution in [2.45, 2.75) is 31.7 Å². The van der Waals surface area contributed by atoms with Gasteiger partial charge in [-0.05, 0) is 71.8 Å². The molecule has 0 spiro atoms. The van der Waals surface area contributed by atoms with E-state index in [0.717, 1.165) is 29.2 Å². The van der Waals surface area contributed by atoms with Crippen molar-refractivity contribution in [2.24, 2.45) is 0 Å². The second-order valence-corrected chi connectivity index (χ2v) is 9.07. The Hall–Kier alpha value is -3.63. The first-order valence-corrected chi connectivity index (χ1v) is 12.3. The van der Waals surface area contributed by atoms with E-state index in [-0.39, 0.29) is 11.8 Å². The number of fused-ring (bicyclic) bond motifs is 1. The first-order valence-electron chi connectivity index (χ1n) is 11.9. The molecule has 1 atom stereocenters. The fourth-order valence-corrected chi connectivity index (χ4v) is 4.20. The molecule has 0 aliphatic carbocycles. The van der Waals surface area contributed by atoms with Gasteiger partial charge in [0.1, 0.15) is 6.04 Å². The molecule has 2 N–H and O–H groups in total. The number of rotatable bonds is 10. The molecule has 0 aliphatic heterocycles. The standard InChI is InChI=1S/C30H29ClN2O2/c31-27-17-12-23(13-18-27)14-19-28(30(35)32-20-6-9-22-7-2-1-3-8-22)33-29(34)26-16-15-24-10-4-5-11-25(24)21-26/h1-5,7-8,10-13,15-18,21,28H,6,9,14,19-20H2,(H,32,35)(H,33,34)/t28-/m0/s1. The third kappa shape index (κ3) is 7.17. The van der Waals surface area contributed by atoms with E-state index < -0.39 is 6.04 Å². The minimum Gasteiger partial charge on any atom is -0.354 e. The first kappa shape index (κ1) is 24.5. The van der Waals surface area contributed by atoms with Crippen molar-refractivity contribution in [1.82, 2.24) is 10.6 Å². The summed E-state index contributed by atoms with van der Waals surface area (Å²) in [5, 5.41) is 8.70. The topological polar surface area (TPSA) is 58.2 Å². The zero-order valence-corrected chi connectivity index (χ0v) is 20.3. The molecule has 178 valence electrons. The SMILES string of the molecule is O=C(N[C@@H](CCc1ccc(Cl)cc1)C(=O)NCCCc1ccccc1)c1ccc2ccccc2c1. The summed E-state index contributed by atoms with van der Waals surface area (Å²) >= 11 is 6.00. The molecule has 4 aromatic carbocycles. The molecule has 0 aromatic heterocycles. The van der Waals surface area contributed by atoms with Crippen LogP contribution in [0.1, 0.15) is 34.3 Å². The normalized spacial score (nSPS) is 11.7. The zero-order valence-electron chi connectivity index (χ0n) is 19.5. The molecule has 35 heavy (non-hydrogen) atoms. The minimum atomic E-state index is -0.638. The third-order valence-corrected chi connectivity index (χ3v) is 6.30. The Bertz CT molecular complexity index is 1270. The largest absolute Gasteiger partial charge is 0.354 e. The Kier molecular flexibility index (Phi) is 8.53. The highest BCUT2D eigenvalue weighted by molar-refractivity contribution is 6.30. The molecule has 0 saturated heterocycles. The van der Waals surface area contributed by atoms with E-state index >= 15 is 0 Å². The van der Waals surface area contributed by atoms with Gasteiger partial charge in [-0.25, -0.2) is 0 Å². The maximum atomic E-state index is 13.1. The Balaban J connectivity index is 1.40. The van der Waals surface area contributed by atoms with Crippen LogP contribution in [0.25, 0.3) is 10.8 Å². The lowest BCUT2D eigenvalue weighted by molar-refractivity contribution is -0.123. The van der Waals surface area contributed by atoms with Crippen molar-refractivity contribution in [1.29, 1.82) is 0 Å². The maximum absolute atomic E-state index is 13.1. The minimum absolute atomic E-state index is 0.166. The predicted octanol–water partition coefficient (Wildman–Crippen LogP) is 5.97. The van der Waals surface area contributed by atoms with E-state index in [9.17, 15) is 9.59 Å². The molecular formula is C30H29ClN2O2. The second kappa shape index (κ2) is 12.2. The lowest BCUT2D eigenvalue weighted by Gasteiger charge is -2.19. The lowest BCUT2D eigenvalue weighted by atomic mass is 10.0. The van der Waals surface area contributed by atoms with Gasteiger partial charge < -0.3 is 10.6 Å². The van der Waals surface area contributed by atoms with Crippen LogP contribution in [0.2, 0.25) is 5.02 Å². The van der Waals surface area contributed by atoms with Crippen molar-refractivity contribution < 1.29 is 9.59 Å². The van der Waals surface area contributed by atoms with Crippen LogP contribution < -0.4 is 10.6 Å². The average Bonchev–Trinajstić information content (AvgIpc) is 2.90. The Morgan fingerprint density at radius 3 is 2.20 bits per heavy atom. The molecule has 4 aromatic rings. The summed E-state index contributed by atoms with van der Waals surface area (Å²) in [6, 6.07) is 30.6. The van der Waals surface area contributed by atoms with Crippen molar-refractivity contribution in [3.05, 3.63) is 119 Å². The third-order valence-electron chi connectivity index (χ3n) is 6.05. The van der Waals surface area contributed by atoms with Crippen molar-refractivity contribution in [3.8, 4) is 0 Å². The maximum Gasteiger partial charge on any atom is 0.251 e. The highest BCUT2D eigenvalue weighted by atomic mass is 35.5. The number of hydrogen-bond acceptors (Lipinski definition) is 2. The van der Waals surface area contributed by atoms with Crippen molar-refractivity contribution >= 4 is 34.2 Å². The van der Waals surface area contributed by atoms with E-state index in [1.165, 1.54) is 5.56 Å². The number of halogens is 1. The zero-order chi connectivity index (χ0) is 24.5. The predicted molar refractivity (Wildman–Crippen MR) is 143 cm³/mol. The average molecular weight is 485 g/mol. The van der Waals surface area contributed by atoms with E-state index in [1.807, 2.05) is 78.9 Å². The van der Waals surface area contributed by atoms with Gasteiger partial charge in [-0.15, -0.1) is 0 Å². The van der Waals surface area contributed by atoms with Crippen LogP contribution in [0.5, 0.6) is 0 Å². The Labute approximate surface area is 211 Å². The van der Waals surface area contributed by atoms with Gasteiger partial charge in [0, 0.05) is 17.1 Å². The number of aryl methyl sites for hydroxylation is 2. The van der Waals surface area contributed by atoms with Crippen LogP contribution >= 0.6 is 11.6 Å².